The third kappa shape index (κ3) is 6.94. The molecule has 2 atom stereocenters. The lowest BCUT2D eigenvalue weighted by Gasteiger charge is -2.27. The maximum atomic E-state index is 14.1. The summed E-state index contributed by atoms with van der Waals surface area (Å²) in [5.74, 6) is 0.222. The first-order valence-electron chi connectivity index (χ1n) is 14.9. The lowest BCUT2D eigenvalue weighted by Crippen LogP contribution is -2.28. The van der Waals surface area contributed by atoms with Crippen molar-refractivity contribution in [3.05, 3.63) is 98.2 Å². The number of nitrogens with zero attached hydrogens (tertiary/aromatic N) is 3. The number of aryl methyl sites for hydroxylation is 1. The van der Waals surface area contributed by atoms with Crippen LogP contribution in [0.15, 0.2) is 59.5 Å². The highest BCUT2D eigenvalue weighted by molar-refractivity contribution is 7.14. The average molecular weight is 604 g/mol. The Bertz CT molecular complexity index is 1630. The zero-order chi connectivity index (χ0) is 30.5. The third-order valence-electron chi connectivity index (χ3n) is 8.41. The van der Waals surface area contributed by atoms with Crippen LogP contribution < -0.4 is 10.2 Å². The summed E-state index contributed by atoms with van der Waals surface area (Å²) in [5, 5.41) is 9.92. The van der Waals surface area contributed by atoms with E-state index in [1.807, 2.05) is 41.8 Å². The number of carbonyl (C=O) groups is 1. The first-order chi connectivity index (χ1) is 20.8. The first kappa shape index (κ1) is 30.8. The van der Waals surface area contributed by atoms with Crippen LogP contribution in [0.3, 0.4) is 0 Å². The number of rotatable bonds is 12. The Balaban J connectivity index is 1.59. The van der Waals surface area contributed by atoms with Crippen molar-refractivity contribution in [1.29, 1.82) is 0 Å². The zero-order valence-corrected chi connectivity index (χ0v) is 26.0. The molecule has 226 valence electrons. The van der Waals surface area contributed by atoms with Crippen molar-refractivity contribution >= 4 is 17.1 Å². The lowest BCUT2D eigenvalue weighted by atomic mass is 9.87. The van der Waals surface area contributed by atoms with Gasteiger partial charge in [0.1, 0.15) is 23.1 Å². The molecule has 1 fully saturated rings. The van der Waals surface area contributed by atoms with Crippen LogP contribution in [-0.2, 0) is 17.8 Å². The van der Waals surface area contributed by atoms with Crippen LogP contribution in [0, 0.1) is 24.6 Å². The fourth-order valence-electron chi connectivity index (χ4n) is 5.85. The standard InChI is InChI=1S/C34H38FN3O4S/c1-5-23(6-2)15-26-19-41-20-29(26)38-17-28(34-37-36-30(43-34)16-25-12-13-27(35)14-21(25)3)32(40)33(31(38)22(4)39)42-18-24-10-8-7-9-11-24/h7-14,17,23,26,29H,5-6,15-16,18-20H2,1-4H3. The fraction of sp³-hybridized carbons (Fsp3) is 0.412. The Hall–Kier alpha value is -3.69. The second-order valence-corrected chi connectivity index (χ2v) is 12.4. The molecule has 9 heteroatoms. The molecule has 0 N–H and O–H groups in total. The molecule has 4 aromatic rings. The minimum Gasteiger partial charge on any atom is -0.483 e. The van der Waals surface area contributed by atoms with Gasteiger partial charge in [0.15, 0.2) is 16.5 Å². The second kappa shape index (κ2) is 13.7. The number of carbonyl (C=O) groups excluding carboxylic acids is 1. The molecule has 7 nitrogen and oxygen atoms in total. The quantitative estimate of drug-likeness (QED) is 0.159. The highest BCUT2D eigenvalue weighted by atomic mass is 32.1. The minimum absolute atomic E-state index is 0.0214. The monoisotopic (exact) mass is 603 g/mol. The van der Waals surface area contributed by atoms with Gasteiger partial charge in [0.25, 0.3) is 0 Å². The van der Waals surface area contributed by atoms with E-state index in [-0.39, 0.29) is 41.6 Å². The molecule has 2 aromatic carbocycles. The van der Waals surface area contributed by atoms with E-state index < -0.39 is 5.43 Å². The Morgan fingerprint density at radius 2 is 1.91 bits per heavy atom. The molecule has 2 unspecified atom stereocenters. The molecule has 1 aliphatic rings. The van der Waals surface area contributed by atoms with Crippen molar-refractivity contribution < 1.29 is 18.7 Å². The van der Waals surface area contributed by atoms with Crippen LogP contribution in [-0.4, -0.2) is 33.8 Å². The number of ether oxygens (including phenoxy) is 2. The van der Waals surface area contributed by atoms with Crippen molar-refractivity contribution in [2.45, 2.75) is 66.0 Å². The predicted octanol–water partition coefficient (Wildman–Crippen LogP) is 7.20. The predicted molar refractivity (Wildman–Crippen MR) is 166 cm³/mol. The number of hydrogen-bond donors (Lipinski definition) is 0. The molecule has 0 aliphatic carbocycles. The molecule has 1 saturated heterocycles. The van der Waals surface area contributed by atoms with Gasteiger partial charge in [0.05, 0.1) is 24.8 Å². The molecule has 0 saturated carbocycles. The Kier molecular flexibility index (Phi) is 9.82. The number of Topliss-reactive ketones (excluding diaryl/α,β-unsaturated/α-hetero) is 1. The van der Waals surface area contributed by atoms with E-state index in [4.69, 9.17) is 9.47 Å². The van der Waals surface area contributed by atoms with Crippen LogP contribution in [0.4, 0.5) is 4.39 Å². The van der Waals surface area contributed by atoms with E-state index in [0.29, 0.717) is 41.1 Å². The summed E-state index contributed by atoms with van der Waals surface area (Å²) in [6.45, 7) is 8.92. The van der Waals surface area contributed by atoms with Crippen LogP contribution in [0.25, 0.3) is 10.6 Å². The van der Waals surface area contributed by atoms with Gasteiger partial charge in [-0.3, -0.25) is 9.59 Å². The molecule has 0 bridgehead atoms. The van der Waals surface area contributed by atoms with Crippen molar-refractivity contribution in [2.75, 3.05) is 13.2 Å². The zero-order valence-electron chi connectivity index (χ0n) is 25.1. The Morgan fingerprint density at radius 3 is 2.60 bits per heavy atom. The van der Waals surface area contributed by atoms with Crippen LogP contribution in [0.2, 0.25) is 0 Å². The number of halogens is 1. The highest BCUT2D eigenvalue weighted by Crippen LogP contribution is 2.37. The van der Waals surface area contributed by atoms with E-state index in [9.17, 15) is 14.0 Å². The van der Waals surface area contributed by atoms with Gasteiger partial charge in [-0.25, -0.2) is 4.39 Å². The third-order valence-corrected chi connectivity index (χ3v) is 9.36. The van der Waals surface area contributed by atoms with Crippen molar-refractivity contribution in [3.8, 4) is 16.3 Å². The van der Waals surface area contributed by atoms with Gasteiger partial charge in [-0.1, -0.05) is 74.4 Å². The highest BCUT2D eigenvalue weighted by Gasteiger charge is 2.35. The van der Waals surface area contributed by atoms with E-state index >= 15 is 0 Å². The average Bonchev–Trinajstić information content (AvgIpc) is 3.66. The van der Waals surface area contributed by atoms with E-state index in [2.05, 4.69) is 24.0 Å². The number of pyridine rings is 1. The summed E-state index contributed by atoms with van der Waals surface area (Å²) in [6, 6.07) is 14.1. The molecular weight excluding hydrogens is 565 g/mol. The second-order valence-electron chi connectivity index (χ2n) is 11.3. The van der Waals surface area contributed by atoms with E-state index in [0.717, 1.165) is 36.0 Å². The topological polar surface area (TPSA) is 83.3 Å². The molecule has 0 radical (unpaired) electrons. The molecule has 0 amide bonds. The van der Waals surface area contributed by atoms with Gasteiger partial charge in [-0.05, 0) is 48.1 Å². The van der Waals surface area contributed by atoms with Gasteiger partial charge < -0.3 is 14.0 Å². The number of hydrogen-bond acceptors (Lipinski definition) is 7. The number of benzene rings is 2. The largest absolute Gasteiger partial charge is 0.483 e. The molecule has 0 spiro atoms. The van der Waals surface area contributed by atoms with Crippen LogP contribution in [0.1, 0.15) is 78.3 Å². The Morgan fingerprint density at radius 1 is 1.14 bits per heavy atom. The minimum atomic E-state index is -0.395. The maximum absolute atomic E-state index is 14.1. The van der Waals surface area contributed by atoms with E-state index in [1.165, 1.54) is 30.4 Å². The summed E-state index contributed by atoms with van der Waals surface area (Å²) < 4.78 is 27.7. The molecular formula is C34H38FN3O4S. The molecule has 2 aromatic heterocycles. The number of ketones is 1. The van der Waals surface area contributed by atoms with Crippen molar-refractivity contribution in [2.24, 2.45) is 11.8 Å². The van der Waals surface area contributed by atoms with Crippen molar-refractivity contribution in [3.63, 3.8) is 0 Å². The summed E-state index contributed by atoms with van der Waals surface area (Å²) in [6.07, 6.45) is 5.33. The van der Waals surface area contributed by atoms with Crippen molar-refractivity contribution in [1.82, 2.24) is 14.8 Å². The summed E-state index contributed by atoms with van der Waals surface area (Å²) in [7, 11) is 0. The van der Waals surface area contributed by atoms with Crippen LogP contribution >= 0.6 is 11.3 Å². The molecule has 43 heavy (non-hydrogen) atoms. The van der Waals surface area contributed by atoms with Gasteiger partial charge in [-0.2, -0.15) is 0 Å². The summed E-state index contributed by atoms with van der Waals surface area (Å²) in [5.41, 5.74) is 2.84. The molecule has 5 rings (SSSR count). The molecule has 3 heterocycles. The smallest absolute Gasteiger partial charge is 0.234 e. The fourth-order valence-corrected chi connectivity index (χ4v) is 6.72. The Labute approximate surface area is 255 Å². The van der Waals surface area contributed by atoms with E-state index in [1.54, 1.807) is 12.3 Å². The van der Waals surface area contributed by atoms with Gasteiger partial charge in [-0.15, -0.1) is 10.2 Å². The van der Waals surface area contributed by atoms with Crippen LogP contribution in [0.5, 0.6) is 5.75 Å². The summed E-state index contributed by atoms with van der Waals surface area (Å²) in [4.78, 5) is 27.3. The SMILES string of the molecule is CCC(CC)CC1COCC1n1cc(-c2nnc(Cc3ccc(F)cc3C)s2)c(=O)c(OCc2ccccc2)c1C(C)=O. The van der Waals surface area contributed by atoms with Gasteiger partial charge in [0.2, 0.25) is 5.43 Å². The van der Waals surface area contributed by atoms with Gasteiger partial charge >= 0.3 is 0 Å². The first-order valence-corrected chi connectivity index (χ1v) is 15.7. The maximum Gasteiger partial charge on any atom is 0.234 e. The summed E-state index contributed by atoms with van der Waals surface area (Å²) >= 11 is 1.31. The van der Waals surface area contributed by atoms with Gasteiger partial charge in [0, 0.05) is 25.5 Å². The lowest BCUT2D eigenvalue weighted by molar-refractivity contribution is 0.0993. The normalized spacial score (nSPS) is 16.6. The molecule has 1 aliphatic heterocycles. The number of aromatic nitrogens is 3.